The van der Waals surface area contributed by atoms with Crippen molar-refractivity contribution in [1.82, 2.24) is 24.5 Å². The first kappa shape index (κ1) is 16.3. The zero-order valence-corrected chi connectivity index (χ0v) is 14.9. The zero-order valence-electron chi connectivity index (χ0n) is 14.9. The molecule has 0 unspecified atom stereocenters. The summed E-state index contributed by atoms with van der Waals surface area (Å²) in [4.78, 5) is 14.7. The minimum absolute atomic E-state index is 0.295. The number of fused-ring (bicyclic) bond motifs is 1. The second kappa shape index (κ2) is 6.63. The van der Waals surface area contributed by atoms with Crippen molar-refractivity contribution in [3.05, 3.63) is 34.9 Å². The molecule has 1 fully saturated rings. The van der Waals surface area contributed by atoms with Crippen LogP contribution < -0.4 is 0 Å². The number of hydrogen-bond acceptors (Lipinski definition) is 5. The van der Waals surface area contributed by atoms with E-state index in [9.17, 15) is 4.79 Å². The minimum atomic E-state index is -0.295. The Kier molecular flexibility index (Phi) is 4.33. The molecule has 0 aromatic carbocycles. The van der Waals surface area contributed by atoms with Gasteiger partial charge in [0.25, 0.3) is 0 Å². The first-order valence-corrected chi connectivity index (χ1v) is 9.09. The van der Waals surface area contributed by atoms with Crippen LogP contribution in [0.1, 0.15) is 47.1 Å². The van der Waals surface area contributed by atoms with Crippen LogP contribution in [0.5, 0.6) is 0 Å². The lowest BCUT2D eigenvalue weighted by Gasteiger charge is -2.27. The van der Waals surface area contributed by atoms with E-state index in [-0.39, 0.29) is 5.97 Å². The van der Waals surface area contributed by atoms with Crippen LogP contribution in [0.15, 0.2) is 12.4 Å². The monoisotopic (exact) mass is 343 g/mol. The lowest BCUT2D eigenvalue weighted by atomic mass is 10.0. The summed E-state index contributed by atoms with van der Waals surface area (Å²) in [5.41, 5.74) is 3.97. The van der Waals surface area contributed by atoms with Gasteiger partial charge < -0.3 is 4.74 Å². The van der Waals surface area contributed by atoms with Crippen LogP contribution in [0.2, 0.25) is 0 Å². The highest BCUT2D eigenvalue weighted by Gasteiger charge is 2.31. The van der Waals surface area contributed by atoms with Gasteiger partial charge in [0.05, 0.1) is 12.8 Å². The summed E-state index contributed by atoms with van der Waals surface area (Å²) >= 11 is 0. The van der Waals surface area contributed by atoms with Crippen molar-refractivity contribution < 1.29 is 9.53 Å². The molecule has 2 aromatic heterocycles. The maximum absolute atomic E-state index is 12.4. The number of carbonyl (C=O) groups excluding carboxylic acids is 1. The Hall–Kier alpha value is -2.15. The number of hydrogen-bond donors (Lipinski definition) is 0. The summed E-state index contributed by atoms with van der Waals surface area (Å²) in [6.45, 7) is 5.69. The second-order valence-electron chi connectivity index (χ2n) is 7.10. The normalized spacial score (nSPS) is 17.5. The molecule has 0 amide bonds. The average Bonchev–Trinajstić information content (AvgIpc) is 3.21. The summed E-state index contributed by atoms with van der Waals surface area (Å²) in [5.74, 6) is 0.434. The molecule has 0 saturated heterocycles. The van der Waals surface area contributed by atoms with E-state index in [0.717, 1.165) is 44.1 Å². The Balaban J connectivity index is 1.57. The smallest absolute Gasteiger partial charge is 0.359 e. The molecule has 7 heteroatoms. The number of aryl methyl sites for hydroxylation is 1. The summed E-state index contributed by atoms with van der Waals surface area (Å²) in [5, 5.41) is 8.87. The lowest BCUT2D eigenvalue weighted by molar-refractivity contribution is 0.0515. The molecule has 134 valence electrons. The number of nitrogens with zero attached hydrogens (tertiary/aromatic N) is 5. The molecule has 0 N–H and O–H groups in total. The van der Waals surface area contributed by atoms with Crippen molar-refractivity contribution in [1.29, 1.82) is 0 Å². The molecule has 3 heterocycles. The highest BCUT2D eigenvalue weighted by Crippen LogP contribution is 2.33. The number of esters is 1. The van der Waals surface area contributed by atoms with Crippen LogP contribution >= 0.6 is 0 Å². The van der Waals surface area contributed by atoms with E-state index in [1.54, 1.807) is 0 Å². The molecule has 0 radical (unpaired) electrons. The number of carbonyl (C=O) groups is 1. The Labute approximate surface area is 147 Å². The van der Waals surface area contributed by atoms with Gasteiger partial charge in [0.15, 0.2) is 5.69 Å². The molecule has 0 atom stereocenters. The molecule has 2 aromatic rings. The summed E-state index contributed by atoms with van der Waals surface area (Å²) in [7, 11) is 1.93. The van der Waals surface area contributed by atoms with E-state index in [1.807, 2.05) is 31.0 Å². The van der Waals surface area contributed by atoms with Gasteiger partial charge in [-0.1, -0.05) is 0 Å². The minimum Gasteiger partial charge on any atom is -0.461 e. The van der Waals surface area contributed by atoms with E-state index in [2.05, 4.69) is 19.8 Å². The second-order valence-corrected chi connectivity index (χ2v) is 7.10. The third kappa shape index (κ3) is 3.46. The van der Waals surface area contributed by atoms with Crippen molar-refractivity contribution in [2.75, 3.05) is 13.2 Å². The summed E-state index contributed by atoms with van der Waals surface area (Å²) < 4.78 is 9.13. The number of rotatable bonds is 6. The number of ether oxygens (including phenoxy) is 1. The van der Waals surface area contributed by atoms with E-state index in [1.165, 1.54) is 24.1 Å². The van der Waals surface area contributed by atoms with Crippen LogP contribution in [0, 0.1) is 5.92 Å². The van der Waals surface area contributed by atoms with E-state index >= 15 is 0 Å². The third-order valence-electron chi connectivity index (χ3n) is 4.97. The lowest BCUT2D eigenvalue weighted by Crippen LogP contribution is -2.31. The van der Waals surface area contributed by atoms with Gasteiger partial charge >= 0.3 is 5.97 Å². The molecule has 4 rings (SSSR count). The SMILES string of the molecule is CCOC(=O)c1nn(CC2CC2)c2c1CN(Cc1cnn(C)c1)CC2. The van der Waals surface area contributed by atoms with Gasteiger partial charge in [0, 0.05) is 62.7 Å². The van der Waals surface area contributed by atoms with Crippen molar-refractivity contribution in [3.63, 3.8) is 0 Å². The van der Waals surface area contributed by atoms with E-state index < -0.39 is 0 Å². The molecule has 0 spiro atoms. The molecule has 1 aliphatic carbocycles. The van der Waals surface area contributed by atoms with Gasteiger partial charge in [0.1, 0.15) is 0 Å². The maximum atomic E-state index is 12.4. The Morgan fingerprint density at radius 3 is 2.92 bits per heavy atom. The largest absolute Gasteiger partial charge is 0.461 e. The molecule has 1 aliphatic heterocycles. The van der Waals surface area contributed by atoms with Gasteiger partial charge in [-0.15, -0.1) is 0 Å². The highest BCUT2D eigenvalue weighted by atomic mass is 16.5. The zero-order chi connectivity index (χ0) is 17.4. The van der Waals surface area contributed by atoms with Crippen LogP contribution in [0.4, 0.5) is 0 Å². The fourth-order valence-corrected chi connectivity index (χ4v) is 3.55. The van der Waals surface area contributed by atoms with E-state index in [0.29, 0.717) is 12.3 Å². The summed E-state index contributed by atoms with van der Waals surface area (Å²) in [6, 6.07) is 0. The fourth-order valence-electron chi connectivity index (χ4n) is 3.55. The maximum Gasteiger partial charge on any atom is 0.359 e. The third-order valence-corrected chi connectivity index (χ3v) is 4.97. The average molecular weight is 343 g/mol. The van der Waals surface area contributed by atoms with Crippen molar-refractivity contribution in [2.45, 2.75) is 45.8 Å². The quantitative estimate of drug-likeness (QED) is 0.748. The first-order chi connectivity index (χ1) is 12.1. The summed E-state index contributed by atoms with van der Waals surface area (Å²) in [6.07, 6.45) is 7.41. The molecule has 1 saturated carbocycles. The van der Waals surface area contributed by atoms with Gasteiger partial charge in [-0.3, -0.25) is 14.3 Å². The van der Waals surface area contributed by atoms with Crippen LogP contribution in [-0.4, -0.2) is 43.6 Å². The van der Waals surface area contributed by atoms with Gasteiger partial charge in [-0.05, 0) is 25.7 Å². The van der Waals surface area contributed by atoms with Crippen molar-refractivity contribution in [2.24, 2.45) is 13.0 Å². The number of aromatic nitrogens is 4. The van der Waals surface area contributed by atoms with Gasteiger partial charge in [-0.2, -0.15) is 10.2 Å². The predicted octanol–water partition coefficient (Wildman–Crippen LogP) is 1.76. The molecular formula is C18H25N5O2. The van der Waals surface area contributed by atoms with Crippen molar-refractivity contribution in [3.8, 4) is 0 Å². The van der Waals surface area contributed by atoms with Crippen LogP contribution in [-0.2, 0) is 37.8 Å². The topological polar surface area (TPSA) is 65.2 Å². The Bertz CT molecular complexity index is 775. The Morgan fingerprint density at radius 2 is 2.24 bits per heavy atom. The molecule has 2 aliphatic rings. The standard InChI is InChI=1S/C18H25N5O2/c1-3-25-18(24)17-15-12-22(10-14-8-19-21(2)9-14)7-6-16(15)23(20-17)11-13-4-5-13/h8-9,13H,3-7,10-12H2,1-2H3. The van der Waals surface area contributed by atoms with Gasteiger partial charge in [-0.25, -0.2) is 4.79 Å². The van der Waals surface area contributed by atoms with Crippen molar-refractivity contribution >= 4 is 5.97 Å². The fraction of sp³-hybridized carbons (Fsp3) is 0.611. The molecule has 0 bridgehead atoms. The van der Waals surface area contributed by atoms with Gasteiger partial charge in [0.2, 0.25) is 0 Å². The molecule has 25 heavy (non-hydrogen) atoms. The van der Waals surface area contributed by atoms with E-state index in [4.69, 9.17) is 4.74 Å². The Morgan fingerprint density at radius 1 is 1.40 bits per heavy atom. The van der Waals surface area contributed by atoms with Crippen LogP contribution in [0.3, 0.4) is 0 Å². The first-order valence-electron chi connectivity index (χ1n) is 9.09. The molecule has 7 nitrogen and oxygen atoms in total. The molecular weight excluding hydrogens is 318 g/mol. The predicted molar refractivity (Wildman–Crippen MR) is 91.9 cm³/mol. The highest BCUT2D eigenvalue weighted by molar-refractivity contribution is 5.89. The van der Waals surface area contributed by atoms with Crippen LogP contribution in [0.25, 0.3) is 0 Å².